The van der Waals surface area contributed by atoms with Gasteiger partial charge in [0.15, 0.2) is 0 Å². The fraction of sp³-hybridized carbons (Fsp3) is 0.694. The predicted octanol–water partition coefficient (Wildman–Crippen LogP) is 11.6. The van der Waals surface area contributed by atoms with Gasteiger partial charge in [-0.15, -0.1) is 0 Å². The molecule has 0 spiro atoms. The molecule has 1 unspecified atom stereocenters. The van der Waals surface area contributed by atoms with Crippen molar-refractivity contribution >= 4 is 17.5 Å². The van der Waals surface area contributed by atoms with Crippen LogP contribution in [0.3, 0.4) is 0 Å². The Labute approximate surface area is 324 Å². The standard InChI is InChI=1S/C49H65NO4/c1-7-43(51)53-33-17-21-46(3)31(26-33)11-13-35-38-15-16-39(48(38,5)23-19-40(35)46)37-28-42-36-14-12-32-27-34(54-44(52)8-2)18-22-47(32,4)41(36)20-24-49(42,6)45(37)30-10-9-25-50-29-30/h9-12,16,25,29,33-36,38,40-42H,7-8,13-15,17-24,26-28H2,1-6H3/t33-,34+,35-,36-,38-,40-,41+,42+,46-,47?,48-,49+/m1/s1. The van der Waals surface area contributed by atoms with Crippen molar-refractivity contribution in [1.29, 1.82) is 0 Å². The van der Waals surface area contributed by atoms with Crippen molar-refractivity contribution in [3.05, 3.63) is 70.6 Å². The van der Waals surface area contributed by atoms with Gasteiger partial charge in [0, 0.05) is 38.1 Å². The summed E-state index contributed by atoms with van der Waals surface area (Å²) >= 11 is 0. The van der Waals surface area contributed by atoms with Gasteiger partial charge in [-0.05, 0) is 163 Å². The predicted molar refractivity (Wildman–Crippen MR) is 214 cm³/mol. The molecule has 0 aliphatic heterocycles. The van der Waals surface area contributed by atoms with Crippen molar-refractivity contribution in [3.63, 3.8) is 0 Å². The third-order valence-corrected chi connectivity index (χ3v) is 17.8. The van der Waals surface area contributed by atoms with Crippen LogP contribution in [-0.2, 0) is 19.1 Å². The molecule has 8 aliphatic carbocycles. The SMILES string of the molecule is CCC(=O)O[C@@H]1CC[C@]2(C)C(=CC[C@@H]3[C@H]4CC=C(C5=C(c6cccnc6)[C@@]6(C)CC[C@H]7[C@@H](CC=C8C[C@@H](OC(=O)CC)CCC87C)[C@@H]6C5)[C@]4(C)CC[C@H]32)C1. The lowest BCUT2D eigenvalue weighted by molar-refractivity contribution is -0.151. The number of allylic oxidation sites excluding steroid dienone is 6. The third-order valence-electron chi connectivity index (χ3n) is 17.8. The molecule has 5 heteroatoms. The maximum atomic E-state index is 12.2. The average molecular weight is 732 g/mol. The van der Waals surface area contributed by atoms with Crippen LogP contribution in [0.5, 0.6) is 0 Å². The van der Waals surface area contributed by atoms with Crippen molar-refractivity contribution < 1.29 is 19.1 Å². The summed E-state index contributed by atoms with van der Waals surface area (Å²) in [6.45, 7) is 14.2. The molecule has 290 valence electrons. The number of aromatic nitrogens is 1. The fourth-order valence-corrected chi connectivity index (χ4v) is 15.0. The number of ether oxygens (including phenoxy) is 2. The smallest absolute Gasteiger partial charge is 0.305 e. The zero-order valence-electron chi connectivity index (χ0n) is 34.1. The van der Waals surface area contributed by atoms with Gasteiger partial charge in [0.25, 0.3) is 0 Å². The molecule has 0 N–H and O–H groups in total. The monoisotopic (exact) mass is 731 g/mol. The molecule has 0 bridgehead atoms. The van der Waals surface area contributed by atoms with E-state index in [1.807, 2.05) is 20.0 Å². The van der Waals surface area contributed by atoms with Gasteiger partial charge in [-0.2, -0.15) is 0 Å². The molecule has 0 radical (unpaired) electrons. The Kier molecular flexibility index (Phi) is 9.05. The second kappa shape index (κ2) is 13.3. The molecule has 9 rings (SSSR count). The molecule has 4 fully saturated rings. The molecule has 1 aromatic heterocycles. The van der Waals surface area contributed by atoms with Crippen LogP contribution in [0.2, 0.25) is 0 Å². The van der Waals surface area contributed by atoms with E-state index in [1.165, 1.54) is 50.5 Å². The maximum Gasteiger partial charge on any atom is 0.305 e. The third kappa shape index (κ3) is 5.46. The van der Waals surface area contributed by atoms with Crippen LogP contribution in [-0.4, -0.2) is 29.1 Å². The molecule has 54 heavy (non-hydrogen) atoms. The van der Waals surface area contributed by atoms with Gasteiger partial charge in [0.1, 0.15) is 12.2 Å². The van der Waals surface area contributed by atoms with Crippen LogP contribution in [0.25, 0.3) is 5.57 Å². The van der Waals surface area contributed by atoms with Crippen LogP contribution in [0.1, 0.15) is 150 Å². The largest absolute Gasteiger partial charge is 0.462 e. The van der Waals surface area contributed by atoms with E-state index in [-0.39, 0.29) is 45.8 Å². The van der Waals surface area contributed by atoms with Crippen molar-refractivity contribution in [2.24, 2.45) is 57.2 Å². The van der Waals surface area contributed by atoms with E-state index in [4.69, 9.17) is 14.5 Å². The average Bonchev–Trinajstić information content (AvgIpc) is 3.68. The van der Waals surface area contributed by atoms with E-state index in [2.05, 4.69) is 64.3 Å². The van der Waals surface area contributed by atoms with Crippen molar-refractivity contribution in [1.82, 2.24) is 4.98 Å². The minimum Gasteiger partial charge on any atom is -0.462 e. The number of nitrogens with zero attached hydrogens (tertiary/aromatic N) is 1. The van der Waals surface area contributed by atoms with E-state index in [9.17, 15) is 9.59 Å². The van der Waals surface area contributed by atoms with E-state index in [0.29, 0.717) is 48.3 Å². The van der Waals surface area contributed by atoms with E-state index < -0.39 is 0 Å². The Balaban J connectivity index is 1.01. The highest BCUT2D eigenvalue weighted by Crippen LogP contribution is 2.72. The molecule has 8 aliphatic rings. The lowest BCUT2D eigenvalue weighted by Crippen LogP contribution is -2.50. The molecule has 0 saturated heterocycles. The summed E-state index contributed by atoms with van der Waals surface area (Å²) in [6.07, 6.45) is 29.0. The second-order valence-corrected chi connectivity index (χ2v) is 20.0. The van der Waals surface area contributed by atoms with E-state index in [1.54, 1.807) is 27.9 Å². The van der Waals surface area contributed by atoms with Gasteiger partial charge < -0.3 is 9.47 Å². The first-order valence-electron chi connectivity index (χ1n) is 22.1. The summed E-state index contributed by atoms with van der Waals surface area (Å²) in [5, 5.41) is 0. The molecule has 1 aromatic rings. The molecule has 1 heterocycles. The van der Waals surface area contributed by atoms with Gasteiger partial charge in [0.05, 0.1) is 0 Å². The minimum atomic E-state index is -0.0536. The molecular weight excluding hydrogens is 667 g/mol. The molecule has 0 amide bonds. The summed E-state index contributed by atoms with van der Waals surface area (Å²) in [6, 6.07) is 4.52. The molecule has 5 nitrogen and oxygen atoms in total. The quantitative estimate of drug-likeness (QED) is 0.215. The lowest BCUT2D eigenvalue weighted by atomic mass is 9.47. The lowest BCUT2D eigenvalue weighted by Gasteiger charge is -2.58. The van der Waals surface area contributed by atoms with Crippen LogP contribution in [0.4, 0.5) is 0 Å². The number of hydrogen-bond acceptors (Lipinski definition) is 5. The minimum absolute atomic E-state index is 0.0477. The van der Waals surface area contributed by atoms with Gasteiger partial charge in [-0.3, -0.25) is 14.6 Å². The zero-order valence-corrected chi connectivity index (χ0v) is 34.1. The summed E-state index contributed by atoms with van der Waals surface area (Å²) in [5.74, 6) is 3.99. The summed E-state index contributed by atoms with van der Waals surface area (Å²) in [5.41, 5.74) is 10.3. The van der Waals surface area contributed by atoms with Crippen molar-refractivity contribution in [2.45, 2.75) is 156 Å². The topological polar surface area (TPSA) is 65.5 Å². The number of esters is 2. The molecular formula is C49H65NO4. The van der Waals surface area contributed by atoms with Crippen LogP contribution < -0.4 is 0 Å². The summed E-state index contributed by atoms with van der Waals surface area (Å²) in [7, 11) is 0. The number of fused-ring (bicyclic) bond motifs is 10. The zero-order chi connectivity index (χ0) is 37.6. The van der Waals surface area contributed by atoms with Crippen LogP contribution >= 0.6 is 0 Å². The van der Waals surface area contributed by atoms with E-state index >= 15 is 0 Å². The number of carbonyl (C=O) groups is 2. The fourth-order valence-electron chi connectivity index (χ4n) is 15.0. The normalized spacial score (nSPS) is 43.6. The number of hydrogen-bond donors (Lipinski definition) is 0. The van der Waals surface area contributed by atoms with Gasteiger partial charge >= 0.3 is 11.9 Å². The van der Waals surface area contributed by atoms with Crippen LogP contribution in [0.15, 0.2) is 65.0 Å². The highest BCUT2D eigenvalue weighted by molar-refractivity contribution is 5.80. The highest BCUT2D eigenvalue weighted by Gasteiger charge is 2.62. The Bertz CT molecular complexity index is 1820. The maximum absolute atomic E-state index is 12.2. The van der Waals surface area contributed by atoms with Crippen molar-refractivity contribution in [3.8, 4) is 0 Å². The van der Waals surface area contributed by atoms with Gasteiger partial charge in [-0.1, -0.05) is 77.0 Å². The number of rotatable bonds is 6. The van der Waals surface area contributed by atoms with Crippen molar-refractivity contribution in [2.75, 3.05) is 0 Å². The second-order valence-electron chi connectivity index (χ2n) is 20.0. The van der Waals surface area contributed by atoms with Gasteiger partial charge in [-0.25, -0.2) is 0 Å². The van der Waals surface area contributed by atoms with E-state index in [0.717, 1.165) is 44.9 Å². The molecule has 12 atom stereocenters. The first kappa shape index (κ1) is 36.7. The summed E-state index contributed by atoms with van der Waals surface area (Å²) < 4.78 is 11.8. The first-order valence-corrected chi connectivity index (χ1v) is 22.1. The molecule has 4 saturated carbocycles. The molecule has 0 aromatic carbocycles. The Morgan fingerprint density at radius 2 is 1.22 bits per heavy atom. The Hall–Kier alpha value is -2.95. The number of pyridine rings is 1. The summed E-state index contributed by atoms with van der Waals surface area (Å²) in [4.78, 5) is 29.1. The van der Waals surface area contributed by atoms with Crippen LogP contribution in [0, 0.1) is 57.2 Å². The highest BCUT2D eigenvalue weighted by atomic mass is 16.5. The number of carbonyl (C=O) groups excluding carboxylic acids is 2. The van der Waals surface area contributed by atoms with Gasteiger partial charge in [0.2, 0.25) is 0 Å². The first-order chi connectivity index (χ1) is 25.9. The Morgan fingerprint density at radius 1 is 0.667 bits per heavy atom. The Morgan fingerprint density at radius 3 is 1.78 bits per heavy atom.